The number of piperazine rings is 1. The quantitative estimate of drug-likeness (QED) is 0.793. The van der Waals surface area contributed by atoms with Crippen LogP contribution in [0.4, 0.5) is 18.9 Å². The first kappa shape index (κ1) is 17.1. The zero-order chi connectivity index (χ0) is 17.9. The Bertz CT molecular complexity index is 746. The summed E-state index contributed by atoms with van der Waals surface area (Å²) in [4.78, 5) is 15.7. The summed E-state index contributed by atoms with van der Waals surface area (Å²) >= 11 is 0. The van der Waals surface area contributed by atoms with Crippen molar-refractivity contribution in [2.75, 3.05) is 31.1 Å². The van der Waals surface area contributed by atoms with Crippen LogP contribution in [0, 0.1) is 0 Å². The number of hydrogen-bond acceptors (Lipinski definition) is 3. The Morgan fingerprint density at radius 2 is 1.84 bits per heavy atom. The second-order valence-electron chi connectivity index (χ2n) is 5.71. The van der Waals surface area contributed by atoms with Gasteiger partial charge in [0.25, 0.3) is 0 Å². The van der Waals surface area contributed by atoms with E-state index in [-0.39, 0.29) is 5.91 Å². The first-order valence-corrected chi connectivity index (χ1v) is 7.86. The van der Waals surface area contributed by atoms with Gasteiger partial charge >= 0.3 is 6.18 Å². The number of halogens is 3. The molecule has 1 fully saturated rings. The molecular weight excluding hydrogens is 333 g/mol. The molecule has 0 spiro atoms. The predicted octanol–water partition coefficient (Wildman–Crippen LogP) is 3.66. The molecule has 1 saturated heterocycles. The number of furan rings is 1. The van der Waals surface area contributed by atoms with Crippen molar-refractivity contribution in [2.45, 2.75) is 6.18 Å². The highest BCUT2D eigenvalue weighted by Gasteiger charge is 2.31. The standard InChI is InChI=1S/C18H17F3N2O2/c19-18(20,21)14-3-1-4-15(13-14)22-8-10-23(11-9-22)17(24)7-6-16-5-2-12-25-16/h1-7,12-13H,8-11H2/b7-6-. The zero-order valence-corrected chi connectivity index (χ0v) is 13.4. The van der Waals surface area contributed by atoms with Gasteiger partial charge in [-0.15, -0.1) is 0 Å². The summed E-state index contributed by atoms with van der Waals surface area (Å²) in [5.41, 5.74) is -0.141. The number of anilines is 1. The lowest BCUT2D eigenvalue weighted by molar-refractivity contribution is -0.137. The van der Waals surface area contributed by atoms with Gasteiger partial charge in [0.05, 0.1) is 11.8 Å². The van der Waals surface area contributed by atoms with Crippen molar-refractivity contribution < 1.29 is 22.4 Å². The summed E-state index contributed by atoms with van der Waals surface area (Å²) < 4.78 is 43.6. The van der Waals surface area contributed by atoms with Crippen molar-refractivity contribution in [1.29, 1.82) is 0 Å². The molecule has 3 rings (SSSR count). The van der Waals surface area contributed by atoms with Crippen LogP contribution in [0.1, 0.15) is 11.3 Å². The summed E-state index contributed by atoms with van der Waals surface area (Å²) in [5.74, 6) is 0.455. The van der Waals surface area contributed by atoms with Gasteiger partial charge in [-0.05, 0) is 36.4 Å². The maximum Gasteiger partial charge on any atom is 0.416 e. The number of amides is 1. The van der Waals surface area contributed by atoms with Gasteiger partial charge in [0, 0.05) is 37.9 Å². The average molecular weight is 350 g/mol. The molecule has 0 N–H and O–H groups in total. The summed E-state index contributed by atoms with van der Waals surface area (Å²) in [6, 6.07) is 8.75. The lowest BCUT2D eigenvalue weighted by Gasteiger charge is -2.35. The molecule has 1 aliphatic rings. The highest BCUT2D eigenvalue weighted by molar-refractivity contribution is 5.91. The number of carbonyl (C=O) groups excluding carboxylic acids is 1. The molecule has 2 aromatic rings. The minimum absolute atomic E-state index is 0.139. The van der Waals surface area contributed by atoms with E-state index in [9.17, 15) is 18.0 Å². The fourth-order valence-corrected chi connectivity index (χ4v) is 2.71. The van der Waals surface area contributed by atoms with Crippen LogP contribution in [0.25, 0.3) is 6.08 Å². The van der Waals surface area contributed by atoms with E-state index in [0.29, 0.717) is 37.6 Å². The van der Waals surface area contributed by atoms with Crippen molar-refractivity contribution >= 4 is 17.7 Å². The Labute approximate surface area is 143 Å². The van der Waals surface area contributed by atoms with Crippen molar-refractivity contribution in [3.8, 4) is 0 Å². The van der Waals surface area contributed by atoms with Crippen LogP contribution < -0.4 is 4.90 Å². The summed E-state index contributed by atoms with van der Waals surface area (Å²) in [6.07, 6.45) is 0.211. The first-order chi connectivity index (χ1) is 11.9. The van der Waals surface area contributed by atoms with Crippen LogP contribution >= 0.6 is 0 Å². The highest BCUT2D eigenvalue weighted by Crippen LogP contribution is 2.31. The minimum atomic E-state index is -4.36. The van der Waals surface area contributed by atoms with Crippen molar-refractivity contribution in [3.05, 3.63) is 60.1 Å². The molecule has 25 heavy (non-hydrogen) atoms. The lowest BCUT2D eigenvalue weighted by atomic mass is 10.1. The molecule has 0 bridgehead atoms. The Morgan fingerprint density at radius 3 is 2.48 bits per heavy atom. The Balaban J connectivity index is 1.59. The fraction of sp³-hybridized carbons (Fsp3) is 0.278. The van der Waals surface area contributed by atoms with Crippen LogP contribution in [-0.4, -0.2) is 37.0 Å². The second-order valence-corrected chi connectivity index (χ2v) is 5.71. The smallest absolute Gasteiger partial charge is 0.416 e. The van der Waals surface area contributed by atoms with Crippen molar-refractivity contribution in [1.82, 2.24) is 4.90 Å². The molecule has 1 amide bonds. The van der Waals surface area contributed by atoms with E-state index in [4.69, 9.17) is 4.42 Å². The number of rotatable bonds is 3. The molecular formula is C18H17F3N2O2. The van der Waals surface area contributed by atoms with Gasteiger partial charge in [-0.3, -0.25) is 4.79 Å². The molecule has 0 unspecified atom stereocenters. The molecule has 132 valence electrons. The Hall–Kier alpha value is -2.70. The number of benzene rings is 1. The van der Waals surface area contributed by atoms with Crippen LogP contribution in [0.2, 0.25) is 0 Å². The van der Waals surface area contributed by atoms with E-state index in [0.717, 1.165) is 12.1 Å². The summed E-state index contributed by atoms with van der Waals surface area (Å²) in [5, 5.41) is 0. The second kappa shape index (κ2) is 7.04. The van der Waals surface area contributed by atoms with Gasteiger partial charge in [-0.1, -0.05) is 6.07 Å². The monoisotopic (exact) mass is 350 g/mol. The van der Waals surface area contributed by atoms with Crippen LogP contribution in [0.15, 0.2) is 53.2 Å². The first-order valence-electron chi connectivity index (χ1n) is 7.86. The minimum Gasteiger partial charge on any atom is -0.465 e. The molecule has 1 aliphatic heterocycles. The number of carbonyl (C=O) groups is 1. The third-order valence-electron chi connectivity index (χ3n) is 4.06. The molecule has 0 atom stereocenters. The van der Waals surface area contributed by atoms with Gasteiger partial charge in [-0.2, -0.15) is 13.2 Å². The normalized spacial score (nSPS) is 15.8. The largest absolute Gasteiger partial charge is 0.465 e. The molecule has 1 aromatic carbocycles. The van der Waals surface area contributed by atoms with Gasteiger partial charge in [0.1, 0.15) is 5.76 Å². The Morgan fingerprint density at radius 1 is 1.08 bits per heavy atom. The third kappa shape index (κ3) is 4.23. The third-order valence-corrected chi connectivity index (χ3v) is 4.06. The van der Waals surface area contributed by atoms with Crippen LogP contribution in [-0.2, 0) is 11.0 Å². The number of nitrogens with zero attached hydrogens (tertiary/aromatic N) is 2. The van der Waals surface area contributed by atoms with E-state index in [1.807, 2.05) is 4.90 Å². The Kier molecular flexibility index (Phi) is 4.83. The van der Waals surface area contributed by atoms with Gasteiger partial charge in [-0.25, -0.2) is 0 Å². The number of alkyl halides is 3. The van der Waals surface area contributed by atoms with E-state index in [2.05, 4.69) is 0 Å². The van der Waals surface area contributed by atoms with E-state index in [1.165, 1.54) is 18.4 Å². The maximum atomic E-state index is 12.8. The molecule has 7 heteroatoms. The lowest BCUT2D eigenvalue weighted by Crippen LogP contribution is -2.48. The van der Waals surface area contributed by atoms with Gasteiger partial charge in [0.2, 0.25) is 5.91 Å². The highest BCUT2D eigenvalue weighted by atomic mass is 19.4. The molecule has 1 aromatic heterocycles. The molecule has 0 saturated carbocycles. The van der Waals surface area contributed by atoms with E-state index >= 15 is 0 Å². The zero-order valence-electron chi connectivity index (χ0n) is 13.4. The molecule has 4 nitrogen and oxygen atoms in total. The molecule has 0 aliphatic carbocycles. The maximum absolute atomic E-state index is 12.8. The van der Waals surface area contributed by atoms with E-state index in [1.54, 1.807) is 29.2 Å². The molecule has 0 radical (unpaired) electrons. The van der Waals surface area contributed by atoms with E-state index < -0.39 is 11.7 Å². The average Bonchev–Trinajstić information content (AvgIpc) is 3.13. The topological polar surface area (TPSA) is 36.7 Å². The molecule has 2 heterocycles. The SMILES string of the molecule is O=C(/C=C\c1ccco1)N1CCN(c2cccc(C(F)(F)F)c2)CC1. The summed E-state index contributed by atoms with van der Waals surface area (Å²) in [6.45, 7) is 1.89. The fourth-order valence-electron chi connectivity index (χ4n) is 2.71. The number of hydrogen-bond donors (Lipinski definition) is 0. The van der Waals surface area contributed by atoms with Crippen molar-refractivity contribution in [2.24, 2.45) is 0 Å². The van der Waals surface area contributed by atoms with Crippen LogP contribution in [0.3, 0.4) is 0 Å². The summed E-state index contributed by atoms with van der Waals surface area (Å²) in [7, 11) is 0. The van der Waals surface area contributed by atoms with Gasteiger partial charge < -0.3 is 14.2 Å². The predicted molar refractivity (Wildman–Crippen MR) is 88.0 cm³/mol. The van der Waals surface area contributed by atoms with Crippen LogP contribution in [0.5, 0.6) is 0 Å². The van der Waals surface area contributed by atoms with Crippen molar-refractivity contribution in [3.63, 3.8) is 0 Å². The van der Waals surface area contributed by atoms with Gasteiger partial charge in [0.15, 0.2) is 0 Å².